The molecule has 0 amide bonds. The van der Waals surface area contributed by atoms with Gasteiger partial charge in [0.1, 0.15) is 0 Å². The molecular weight excluding hydrogens is 195 g/mol. The minimum atomic E-state index is 0.0652. The third-order valence-electron chi connectivity index (χ3n) is 0.599. The number of halogens is 2. The first-order valence-corrected chi connectivity index (χ1v) is 3.29. The van der Waals surface area contributed by atoms with Crippen LogP contribution >= 0.6 is 28.3 Å². The average molecular weight is 197 g/mol. The normalized spacial score (nSPS) is 9.75. The molecule has 2 nitrogen and oxygen atoms in total. The van der Waals surface area contributed by atoms with Crippen molar-refractivity contribution in [3.8, 4) is 0 Å². The summed E-state index contributed by atoms with van der Waals surface area (Å²) in [5.41, 5.74) is 0. The van der Waals surface area contributed by atoms with Gasteiger partial charge in [-0.25, -0.2) is 0 Å². The van der Waals surface area contributed by atoms with E-state index >= 15 is 0 Å². The van der Waals surface area contributed by atoms with Gasteiger partial charge in [0.15, 0.2) is 12.3 Å². The molecule has 0 unspecified atom stereocenters. The molecule has 5 heteroatoms. The van der Waals surface area contributed by atoms with Crippen molar-refractivity contribution in [2.45, 2.75) is 0 Å². The van der Waals surface area contributed by atoms with Crippen LogP contribution in [0.3, 0.4) is 0 Å². The highest BCUT2D eigenvalue weighted by molar-refractivity contribution is 9.10. The van der Waals surface area contributed by atoms with E-state index in [4.69, 9.17) is 0 Å². The van der Waals surface area contributed by atoms with Crippen molar-refractivity contribution < 1.29 is 3.89 Å². The Morgan fingerprint density at radius 3 is 2.88 bits per heavy atom. The zero-order chi connectivity index (χ0) is 5.98. The molecule has 0 aliphatic rings. The van der Waals surface area contributed by atoms with Crippen molar-refractivity contribution in [1.82, 2.24) is 9.19 Å². The molecule has 1 heterocycles. The molecule has 0 atom stereocenters. The van der Waals surface area contributed by atoms with Gasteiger partial charge in [0.25, 0.3) is 0 Å². The molecule has 0 spiro atoms. The zero-order valence-corrected chi connectivity index (χ0v) is 6.12. The van der Waals surface area contributed by atoms with Crippen molar-refractivity contribution in [3.63, 3.8) is 0 Å². The minimum absolute atomic E-state index is 0.0652. The van der Waals surface area contributed by atoms with E-state index in [1.54, 1.807) is 0 Å². The number of hydrogen-bond donors (Lipinski definition) is 0. The fraction of sp³-hybridized carbons (Fsp3) is 0. The lowest BCUT2D eigenvalue weighted by Crippen LogP contribution is -1.78. The van der Waals surface area contributed by atoms with Crippen LogP contribution in [0, 0.1) is 0 Å². The largest absolute Gasteiger partial charge is 0.187 e. The van der Waals surface area contributed by atoms with Crippen molar-refractivity contribution in [1.29, 1.82) is 0 Å². The van der Waals surface area contributed by atoms with E-state index < -0.39 is 0 Å². The van der Waals surface area contributed by atoms with Crippen LogP contribution in [0.25, 0.3) is 0 Å². The van der Waals surface area contributed by atoms with Gasteiger partial charge in [-0.3, -0.25) is 0 Å². The number of aromatic nitrogens is 2. The topological polar surface area (TPSA) is 17.8 Å². The Hall–Kier alpha value is -0.0300. The highest BCUT2D eigenvalue weighted by Gasteiger charge is 1.91. The molecule has 8 heavy (non-hydrogen) atoms. The summed E-state index contributed by atoms with van der Waals surface area (Å²) in [6.45, 7) is 0. The summed E-state index contributed by atoms with van der Waals surface area (Å²) in [7, 11) is 0. The van der Waals surface area contributed by atoms with Crippen LogP contribution in [-0.4, -0.2) is 9.19 Å². The third kappa shape index (κ3) is 1.23. The Balaban J connectivity index is 2.84. The van der Waals surface area contributed by atoms with Gasteiger partial charge < -0.3 is 0 Å². The van der Waals surface area contributed by atoms with Crippen LogP contribution < -0.4 is 0 Å². The first-order valence-electron chi connectivity index (χ1n) is 1.82. The maximum Gasteiger partial charge on any atom is 0.187 e. The van der Waals surface area contributed by atoms with Gasteiger partial charge in [-0.05, 0) is 15.9 Å². The van der Waals surface area contributed by atoms with Crippen molar-refractivity contribution >= 4 is 28.3 Å². The Kier molecular flexibility index (Phi) is 1.90. The maximum atomic E-state index is 11.5. The number of hydrogen-bond acceptors (Lipinski definition) is 2. The van der Waals surface area contributed by atoms with Crippen molar-refractivity contribution in [2.24, 2.45) is 0 Å². The lowest BCUT2D eigenvalue weighted by Gasteiger charge is -1.81. The summed E-state index contributed by atoms with van der Waals surface area (Å²) < 4.78 is 13.4. The van der Waals surface area contributed by atoms with Gasteiger partial charge in [0.05, 0.1) is 16.9 Å². The smallest absolute Gasteiger partial charge is 0.183 e. The van der Waals surface area contributed by atoms with E-state index in [9.17, 15) is 3.89 Å². The Bertz CT molecular complexity index is 178. The van der Waals surface area contributed by atoms with Crippen molar-refractivity contribution in [3.05, 3.63) is 16.9 Å². The first kappa shape index (κ1) is 6.10. The molecule has 0 radical (unpaired) electrons. The van der Waals surface area contributed by atoms with Crippen LogP contribution in [0.2, 0.25) is 0 Å². The lowest BCUT2D eigenvalue weighted by atomic mass is 10.8. The van der Waals surface area contributed by atoms with Gasteiger partial charge in [0, 0.05) is 0 Å². The van der Waals surface area contributed by atoms with Crippen LogP contribution in [0.4, 0.5) is 3.89 Å². The second-order valence-corrected chi connectivity index (χ2v) is 2.56. The molecule has 0 saturated heterocycles. The van der Waals surface area contributed by atoms with Gasteiger partial charge in [-0.15, -0.1) is 3.89 Å². The second-order valence-electron chi connectivity index (χ2n) is 1.13. The number of nitrogens with zero attached hydrogens (tertiary/aromatic N) is 2. The fourth-order valence-electron chi connectivity index (χ4n) is 0.322. The van der Waals surface area contributed by atoms with E-state index in [1.807, 2.05) is 0 Å². The van der Waals surface area contributed by atoms with Gasteiger partial charge in [-0.2, -0.15) is 9.19 Å². The van der Waals surface area contributed by atoms with Crippen LogP contribution in [0.1, 0.15) is 0 Å². The summed E-state index contributed by atoms with van der Waals surface area (Å²) in [5.74, 6) is 0. The van der Waals surface area contributed by atoms with Crippen molar-refractivity contribution in [2.75, 3.05) is 0 Å². The first-order chi connectivity index (χ1) is 3.83. The van der Waals surface area contributed by atoms with E-state index in [-0.39, 0.29) is 12.3 Å². The van der Waals surface area contributed by atoms with E-state index in [0.29, 0.717) is 0 Å². The Morgan fingerprint density at radius 2 is 2.62 bits per heavy atom. The molecule has 0 aliphatic heterocycles. The van der Waals surface area contributed by atoms with Crippen LogP contribution in [0.5, 0.6) is 0 Å². The van der Waals surface area contributed by atoms with Gasteiger partial charge >= 0.3 is 0 Å². The fourth-order valence-corrected chi connectivity index (χ4v) is 0.979. The van der Waals surface area contributed by atoms with E-state index in [1.165, 1.54) is 12.4 Å². The maximum absolute atomic E-state index is 11.5. The number of rotatable bonds is 1. The predicted octanol–water partition coefficient (Wildman–Crippen LogP) is 2.03. The highest BCUT2D eigenvalue weighted by atomic mass is 79.9. The van der Waals surface area contributed by atoms with Gasteiger partial charge in [-0.1, -0.05) is 0 Å². The van der Waals surface area contributed by atoms with Gasteiger partial charge in [0.2, 0.25) is 0 Å². The molecule has 0 saturated carbocycles. The monoisotopic (exact) mass is 196 g/mol. The molecule has 1 rings (SSSR count). The quantitative estimate of drug-likeness (QED) is 0.685. The molecule has 1 aromatic heterocycles. The Morgan fingerprint density at radius 1 is 1.88 bits per heavy atom. The molecule has 1 aromatic rings. The Labute approximate surface area is 58.6 Å². The van der Waals surface area contributed by atoms with Crippen LogP contribution in [0.15, 0.2) is 16.9 Å². The minimum Gasteiger partial charge on any atom is -0.183 e. The summed E-state index contributed by atoms with van der Waals surface area (Å²) in [4.78, 5) is 0. The molecular formula is C3H2BrFN2S. The molecule has 0 bridgehead atoms. The summed E-state index contributed by atoms with van der Waals surface area (Å²) in [5, 5.41) is 3.59. The third-order valence-corrected chi connectivity index (χ3v) is 1.35. The van der Waals surface area contributed by atoms with E-state index in [0.717, 1.165) is 8.56 Å². The highest BCUT2D eigenvalue weighted by Crippen LogP contribution is 2.11. The standard InChI is InChI=1S/C3H2BrFN2S/c4-3-1-6-7(2-3)8-5/h1-2H. The summed E-state index contributed by atoms with van der Waals surface area (Å²) >= 11 is 3.17. The molecule has 44 valence electrons. The SMILES string of the molecule is FSn1cc(Br)cn1. The zero-order valence-electron chi connectivity index (χ0n) is 3.71. The van der Waals surface area contributed by atoms with E-state index in [2.05, 4.69) is 21.0 Å². The average Bonchev–Trinajstić information content (AvgIpc) is 2.14. The summed E-state index contributed by atoms with van der Waals surface area (Å²) in [6.07, 6.45) is 3.05. The molecule has 0 N–H and O–H groups in total. The summed E-state index contributed by atoms with van der Waals surface area (Å²) in [6, 6.07) is 0. The second kappa shape index (κ2) is 2.50. The van der Waals surface area contributed by atoms with Crippen LogP contribution in [-0.2, 0) is 0 Å². The lowest BCUT2D eigenvalue weighted by molar-refractivity contribution is 0.878. The molecule has 0 aliphatic carbocycles. The molecule has 0 fully saturated rings. The molecule has 0 aromatic carbocycles. The predicted molar refractivity (Wildman–Crippen MR) is 34.0 cm³/mol.